The summed E-state index contributed by atoms with van der Waals surface area (Å²) in [5.74, 6) is 4.07. The van der Waals surface area contributed by atoms with E-state index in [4.69, 9.17) is 5.84 Å². The molecule has 1 saturated heterocycles. The van der Waals surface area contributed by atoms with Crippen molar-refractivity contribution in [2.75, 3.05) is 6.54 Å². The molecule has 2 amide bonds. The number of hydrazine groups is 1. The van der Waals surface area contributed by atoms with Gasteiger partial charge in [-0.25, -0.2) is 5.84 Å². The molecular formula is C8H15N3O2. The van der Waals surface area contributed by atoms with Crippen LogP contribution in [0.1, 0.15) is 20.3 Å². The van der Waals surface area contributed by atoms with Crippen LogP contribution in [-0.2, 0) is 9.59 Å². The molecule has 0 aromatic heterocycles. The summed E-state index contributed by atoms with van der Waals surface area (Å²) < 4.78 is 0. The van der Waals surface area contributed by atoms with Crippen molar-refractivity contribution in [1.82, 2.24) is 10.3 Å². The highest BCUT2D eigenvalue weighted by molar-refractivity contribution is 6.34. The maximum atomic E-state index is 11.4. The van der Waals surface area contributed by atoms with Crippen molar-refractivity contribution >= 4 is 11.8 Å². The molecule has 5 nitrogen and oxygen atoms in total. The summed E-state index contributed by atoms with van der Waals surface area (Å²) in [6.07, 6.45) is 0.948. The lowest BCUT2D eigenvalue weighted by atomic mass is 10.1. The van der Waals surface area contributed by atoms with E-state index in [2.05, 4.69) is 6.92 Å². The zero-order valence-electron chi connectivity index (χ0n) is 7.91. The lowest BCUT2D eigenvalue weighted by molar-refractivity contribution is -0.146. The van der Waals surface area contributed by atoms with Crippen molar-refractivity contribution < 1.29 is 9.59 Å². The molecule has 0 spiro atoms. The predicted octanol–water partition coefficient (Wildman–Crippen LogP) is -0.767. The summed E-state index contributed by atoms with van der Waals surface area (Å²) in [6.45, 7) is 4.64. The first-order valence-corrected chi connectivity index (χ1v) is 4.37. The van der Waals surface area contributed by atoms with Gasteiger partial charge in [0.25, 0.3) is 0 Å². The van der Waals surface area contributed by atoms with Gasteiger partial charge in [0.05, 0.1) is 0 Å². The maximum Gasteiger partial charge on any atom is 0.323 e. The van der Waals surface area contributed by atoms with Gasteiger partial charge in [0.1, 0.15) is 0 Å². The average Bonchev–Trinajstić information content (AvgIpc) is 2.42. The third-order valence-corrected chi connectivity index (χ3v) is 2.37. The minimum Gasteiger partial charge on any atom is -0.331 e. The number of carbonyl (C=O) groups is 2. The molecule has 1 fully saturated rings. The van der Waals surface area contributed by atoms with Gasteiger partial charge < -0.3 is 4.90 Å². The van der Waals surface area contributed by atoms with Crippen LogP contribution < -0.4 is 11.3 Å². The number of nitrogens with two attached hydrogens (primary N) is 1. The van der Waals surface area contributed by atoms with Gasteiger partial charge in [-0.1, -0.05) is 6.92 Å². The molecule has 0 aromatic rings. The zero-order valence-corrected chi connectivity index (χ0v) is 7.91. The standard InChI is InChI=1S/C8H15N3O2/c1-5-3-6(2)11(4-5)8(13)7(12)10-9/h5-6H,3-4,9H2,1-2H3,(H,10,12). The number of likely N-dealkylation sites (tertiary alicyclic amines) is 1. The molecule has 0 radical (unpaired) electrons. The molecular weight excluding hydrogens is 170 g/mol. The second-order valence-corrected chi connectivity index (χ2v) is 3.62. The Morgan fingerprint density at radius 2 is 2.08 bits per heavy atom. The predicted molar refractivity (Wildman–Crippen MR) is 47.3 cm³/mol. The largest absolute Gasteiger partial charge is 0.331 e. The fourth-order valence-corrected chi connectivity index (χ4v) is 1.78. The highest BCUT2D eigenvalue weighted by Gasteiger charge is 2.32. The molecule has 1 aliphatic heterocycles. The van der Waals surface area contributed by atoms with Crippen LogP contribution in [0.3, 0.4) is 0 Å². The fourth-order valence-electron chi connectivity index (χ4n) is 1.78. The van der Waals surface area contributed by atoms with Gasteiger partial charge in [0.2, 0.25) is 0 Å². The van der Waals surface area contributed by atoms with Gasteiger partial charge in [-0.05, 0) is 19.3 Å². The topological polar surface area (TPSA) is 75.4 Å². The molecule has 0 bridgehead atoms. The molecule has 2 unspecified atom stereocenters. The quantitative estimate of drug-likeness (QED) is 0.225. The van der Waals surface area contributed by atoms with Gasteiger partial charge in [-0.3, -0.25) is 15.0 Å². The number of nitrogens with zero attached hydrogens (tertiary/aromatic N) is 1. The number of carbonyl (C=O) groups excluding carboxylic acids is 2. The first-order valence-electron chi connectivity index (χ1n) is 4.37. The van der Waals surface area contributed by atoms with Gasteiger partial charge in [-0.15, -0.1) is 0 Å². The Kier molecular flexibility index (Phi) is 2.87. The van der Waals surface area contributed by atoms with Crippen molar-refractivity contribution in [3.8, 4) is 0 Å². The molecule has 5 heteroatoms. The normalized spacial score (nSPS) is 27.5. The van der Waals surface area contributed by atoms with E-state index >= 15 is 0 Å². The van der Waals surface area contributed by atoms with E-state index in [9.17, 15) is 9.59 Å². The first kappa shape index (κ1) is 9.98. The molecule has 3 N–H and O–H groups in total. The Balaban J connectivity index is 2.62. The van der Waals surface area contributed by atoms with Crippen molar-refractivity contribution in [3.63, 3.8) is 0 Å². The van der Waals surface area contributed by atoms with Gasteiger partial charge in [-0.2, -0.15) is 0 Å². The summed E-state index contributed by atoms with van der Waals surface area (Å²) in [4.78, 5) is 23.9. The van der Waals surface area contributed by atoms with Crippen molar-refractivity contribution in [2.45, 2.75) is 26.3 Å². The third-order valence-electron chi connectivity index (χ3n) is 2.37. The number of nitrogens with one attached hydrogen (secondary N) is 1. The van der Waals surface area contributed by atoms with Crippen LogP contribution in [0.25, 0.3) is 0 Å². The van der Waals surface area contributed by atoms with Crippen LogP contribution in [0.4, 0.5) is 0 Å². The monoisotopic (exact) mass is 185 g/mol. The summed E-state index contributed by atoms with van der Waals surface area (Å²) in [6, 6.07) is 0.139. The maximum absolute atomic E-state index is 11.4. The molecule has 0 aliphatic carbocycles. The summed E-state index contributed by atoms with van der Waals surface area (Å²) in [5, 5.41) is 0. The number of rotatable bonds is 0. The number of hydrogen-bond donors (Lipinski definition) is 2. The van der Waals surface area contributed by atoms with E-state index < -0.39 is 11.8 Å². The average molecular weight is 185 g/mol. The van der Waals surface area contributed by atoms with Gasteiger partial charge >= 0.3 is 11.8 Å². The first-order chi connectivity index (χ1) is 6.06. The van der Waals surface area contributed by atoms with Crippen LogP contribution in [0, 0.1) is 5.92 Å². The minimum atomic E-state index is -0.735. The smallest absolute Gasteiger partial charge is 0.323 e. The molecule has 0 saturated carbocycles. The second kappa shape index (κ2) is 3.74. The fraction of sp³-hybridized carbons (Fsp3) is 0.750. The minimum absolute atomic E-state index is 0.139. The molecule has 2 atom stereocenters. The van der Waals surface area contributed by atoms with Crippen LogP contribution >= 0.6 is 0 Å². The molecule has 1 heterocycles. The molecule has 13 heavy (non-hydrogen) atoms. The summed E-state index contributed by atoms with van der Waals surface area (Å²) >= 11 is 0. The molecule has 1 rings (SSSR count). The van der Waals surface area contributed by atoms with E-state index in [-0.39, 0.29) is 6.04 Å². The molecule has 1 aliphatic rings. The Hall–Kier alpha value is -1.10. The summed E-state index contributed by atoms with van der Waals surface area (Å²) in [5.41, 5.74) is 1.85. The van der Waals surface area contributed by atoms with Crippen LogP contribution in [0.2, 0.25) is 0 Å². The second-order valence-electron chi connectivity index (χ2n) is 3.62. The van der Waals surface area contributed by atoms with Crippen LogP contribution in [0.15, 0.2) is 0 Å². The Morgan fingerprint density at radius 3 is 2.46 bits per heavy atom. The zero-order chi connectivity index (χ0) is 10.0. The number of hydrogen-bond acceptors (Lipinski definition) is 3. The van der Waals surface area contributed by atoms with E-state index in [0.29, 0.717) is 12.5 Å². The lowest BCUT2D eigenvalue weighted by Gasteiger charge is -2.19. The Bertz CT molecular complexity index is 229. The van der Waals surface area contributed by atoms with Gasteiger partial charge in [0.15, 0.2) is 0 Å². The molecule has 0 aromatic carbocycles. The van der Waals surface area contributed by atoms with Crippen molar-refractivity contribution in [2.24, 2.45) is 11.8 Å². The third kappa shape index (κ3) is 1.98. The Labute approximate surface area is 77.2 Å². The SMILES string of the molecule is CC1CC(C)N(C(=O)C(=O)NN)C1. The van der Waals surface area contributed by atoms with E-state index in [1.165, 1.54) is 0 Å². The van der Waals surface area contributed by atoms with Crippen LogP contribution in [0.5, 0.6) is 0 Å². The lowest BCUT2D eigenvalue weighted by Crippen LogP contribution is -2.46. The Morgan fingerprint density at radius 1 is 1.46 bits per heavy atom. The van der Waals surface area contributed by atoms with E-state index in [0.717, 1.165) is 6.42 Å². The van der Waals surface area contributed by atoms with Crippen LogP contribution in [-0.4, -0.2) is 29.3 Å². The van der Waals surface area contributed by atoms with Crippen molar-refractivity contribution in [1.29, 1.82) is 0 Å². The van der Waals surface area contributed by atoms with Gasteiger partial charge in [0, 0.05) is 12.6 Å². The highest BCUT2D eigenvalue weighted by Crippen LogP contribution is 2.21. The van der Waals surface area contributed by atoms with E-state index in [1.807, 2.05) is 12.3 Å². The highest BCUT2D eigenvalue weighted by atomic mass is 16.2. The van der Waals surface area contributed by atoms with Crippen molar-refractivity contribution in [3.05, 3.63) is 0 Å². The summed E-state index contributed by atoms with van der Waals surface area (Å²) in [7, 11) is 0. The number of amides is 2. The molecule has 74 valence electrons. The van der Waals surface area contributed by atoms with E-state index in [1.54, 1.807) is 4.90 Å².